The number of aryl methyl sites for hydroxylation is 1. The molecule has 1 N–H and O–H groups in total. The average molecular weight is 266 g/mol. The van der Waals surface area contributed by atoms with Gasteiger partial charge in [0.2, 0.25) is 0 Å². The third-order valence-electron chi connectivity index (χ3n) is 3.45. The van der Waals surface area contributed by atoms with Crippen molar-refractivity contribution in [1.82, 2.24) is 19.9 Å². The van der Waals surface area contributed by atoms with Gasteiger partial charge in [-0.05, 0) is 19.0 Å². The van der Waals surface area contributed by atoms with E-state index in [2.05, 4.69) is 53.5 Å². The molecular formula is C16H18N4. The second-order valence-electron chi connectivity index (χ2n) is 4.91. The molecule has 0 bridgehead atoms. The molecular weight excluding hydrogens is 248 g/mol. The second kappa shape index (κ2) is 5.43. The van der Waals surface area contributed by atoms with E-state index < -0.39 is 0 Å². The zero-order valence-corrected chi connectivity index (χ0v) is 11.7. The lowest BCUT2D eigenvalue weighted by Gasteiger charge is -2.18. The van der Waals surface area contributed by atoms with Gasteiger partial charge in [-0.15, -0.1) is 0 Å². The molecule has 20 heavy (non-hydrogen) atoms. The van der Waals surface area contributed by atoms with E-state index in [-0.39, 0.29) is 6.04 Å². The summed E-state index contributed by atoms with van der Waals surface area (Å²) in [5.41, 5.74) is 4.72. The lowest BCUT2D eigenvalue weighted by atomic mass is 9.98. The molecule has 1 aromatic carbocycles. The molecule has 2 heterocycles. The maximum atomic E-state index is 4.41. The normalized spacial score (nSPS) is 12.7. The lowest BCUT2D eigenvalue weighted by Crippen LogP contribution is -2.22. The van der Waals surface area contributed by atoms with Gasteiger partial charge in [0, 0.05) is 18.0 Å². The third-order valence-corrected chi connectivity index (χ3v) is 3.45. The van der Waals surface area contributed by atoms with Gasteiger partial charge in [-0.25, -0.2) is 4.52 Å². The number of benzene rings is 1. The summed E-state index contributed by atoms with van der Waals surface area (Å²) in [6.07, 6.45) is 7.41. The molecule has 0 aliphatic rings. The molecule has 1 unspecified atom stereocenters. The predicted molar refractivity (Wildman–Crippen MR) is 79.7 cm³/mol. The Hall–Kier alpha value is -2.20. The fourth-order valence-electron chi connectivity index (χ4n) is 2.54. The number of hydrogen-bond acceptors (Lipinski definition) is 3. The van der Waals surface area contributed by atoms with E-state index in [1.807, 2.05) is 23.1 Å². The molecule has 4 heteroatoms. The maximum Gasteiger partial charge on any atom is 0.0896 e. The van der Waals surface area contributed by atoms with Gasteiger partial charge in [0.05, 0.1) is 24.0 Å². The van der Waals surface area contributed by atoms with Crippen molar-refractivity contribution in [2.45, 2.75) is 19.9 Å². The highest BCUT2D eigenvalue weighted by atomic mass is 15.2. The molecule has 0 saturated carbocycles. The Morgan fingerprint density at radius 2 is 2.20 bits per heavy atom. The number of nitrogens with one attached hydrogen (secondary N) is 1. The molecule has 3 rings (SSSR count). The number of aromatic nitrogens is 3. The first-order valence-electron chi connectivity index (χ1n) is 6.87. The summed E-state index contributed by atoms with van der Waals surface area (Å²) in [7, 11) is 0. The van der Waals surface area contributed by atoms with E-state index in [4.69, 9.17) is 0 Å². The highest BCUT2D eigenvalue weighted by molar-refractivity contribution is 5.55. The van der Waals surface area contributed by atoms with Crippen molar-refractivity contribution in [1.29, 1.82) is 0 Å². The molecule has 1 atom stereocenters. The van der Waals surface area contributed by atoms with Crippen molar-refractivity contribution < 1.29 is 0 Å². The van der Waals surface area contributed by atoms with Crippen molar-refractivity contribution >= 4 is 5.52 Å². The molecule has 0 aliphatic carbocycles. The van der Waals surface area contributed by atoms with E-state index in [0.29, 0.717) is 0 Å². The highest BCUT2D eigenvalue weighted by Gasteiger charge is 2.17. The molecule has 102 valence electrons. The van der Waals surface area contributed by atoms with Crippen LogP contribution in [-0.4, -0.2) is 21.1 Å². The van der Waals surface area contributed by atoms with Gasteiger partial charge in [0.1, 0.15) is 0 Å². The summed E-state index contributed by atoms with van der Waals surface area (Å²) in [6.45, 7) is 5.13. The Morgan fingerprint density at radius 3 is 3.00 bits per heavy atom. The SMILES string of the molecule is CCNC(c1cccc(C)c1)c1cnn2ccncc12. The number of hydrogen-bond donors (Lipinski definition) is 1. The quantitative estimate of drug-likeness (QED) is 0.789. The lowest BCUT2D eigenvalue weighted by molar-refractivity contribution is 0.634. The summed E-state index contributed by atoms with van der Waals surface area (Å²) in [4.78, 5) is 4.21. The molecule has 3 aromatic rings. The molecule has 0 amide bonds. The predicted octanol–water partition coefficient (Wildman–Crippen LogP) is 2.74. The monoisotopic (exact) mass is 266 g/mol. The van der Waals surface area contributed by atoms with Crippen LogP contribution in [0.4, 0.5) is 0 Å². The van der Waals surface area contributed by atoms with E-state index in [0.717, 1.165) is 17.6 Å². The number of fused-ring (bicyclic) bond motifs is 1. The minimum Gasteiger partial charge on any atom is -0.306 e. The van der Waals surface area contributed by atoms with Crippen LogP contribution >= 0.6 is 0 Å². The molecule has 0 radical (unpaired) electrons. The minimum absolute atomic E-state index is 0.140. The Morgan fingerprint density at radius 1 is 1.30 bits per heavy atom. The van der Waals surface area contributed by atoms with Crippen LogP contribution in [-0.2, 0) is 0 Å². The van der Waals surface area contributed by atoms with Crippen LogP contribution in [0.5, 0.6) is 0 Å². The van der Waals surface area contributed by atoms with E-state index >= 15 is 0 Å². The fourth-order valence-corrected chi connectivity index (χ4v) is 2.54. The van der Waals surface area contributed by atoms with Gasteiger partial charge in [-0.2, -0.15) is 5.10 Å². The molecule has 0 fully saturated rings. The van der Waals surface area contributed by atoms with Gasteiger partial charge in [0.25, 0.3) is 0 Å². The second-order valence-corrected chi connectivity index (χ2v) is 4.91. The van der Waals surface area contributed by atoms with Gasteiger partial charge in [-0.3, -0.25) is 4.98 Å². The van der Waals surface area contributed by atoms with Crippen LogP contribution in [0.3, 0.4) is 0 Å². The summed E-state index contributed by atoms with van der Waals surface area (Å²) in [5.74, 6) is 0. The Bertz CT molecular complexity index is 717. The van der Waals surface area contributed by atoms with Gasteiger partial charge in [0.15, 0.2) is 0 Å². The fraction of sp³-hybridized carbons (Fsp3) is 0.250. The Balaban J connectivity index is 2.11. The smallest absolute Gasteiger partial charge is 0.0896 e. The zero-order chi connectivity index (χ0) is 13.9. The van der Waals surface area contributed by atoms with Gasteiger partial charge < -0.3 is 5.32 Å². The minimum atomic E-state index is 0.140. The van der Waals surface area contributed by atoms with Crippen molar-refractivity contribution in [3.8, 4) is 0 Å². The Kier molecular flexibility index (Phi) is 3.48. The summed E-state index contributed by atoms with van der Waals surface area (Å²) < 4.78 is 1.86. The van der Waals surface area contributed by atoms with Crippen molar-refractivity contribution in [2.24, 2.45) is 0 Å². The molecule has 0 spiro atoms. The van der Waals surface area contributed by atoms with Crippen LogP contribution in [0.15, 0.2) is 49.1 Å². The first-order chi connectivity index (χ1) is 9.79. The van der Waals surface area contributed by atoms with Crippen LogP contribution in [0.2, 0.25) is 0 Å². The van der Waals surface area contributed by atoms with Gasteiger partial charge in [-0.1, -0.05) is 36.8 Å². The zero-order valence-electron chi connectivity index (χ0n) is 11.7. The number of rotatable bonds is 4. The third kappa shape index (κ3) is 2.30. The molecule has 0 aliphatic heterocycles. The average Bonchev–Trinajstić information content (AvgIpc) is 2.88. The van der Waals surface area contributed by atoms with Crippen molar-refractivity contribution in [2.75, 3.05) is 6.54 Å². The number of nitrogens with zero attached hydrogens (tertiary/aromatic N) is 3. The standard InChI is InChI=1S/C16H18N4/c1-3-18-16(13-6-4-5-12(2)9-13)14-10-19-20-8-7-17-11-15(14)20/h4-11,16,18H,3H2,1-2H3. The highest BCUT2D eigenvalue weighted by Crippen LogP contribution is 2.25. The van der Waals surface area contributed by atoms with E-state index in [1.165, 1.54) is 11.1 Å². The van der Waals surface area contributed by atoms with Gasteiger partial charge >= 0.3 is 0 Å². The summed E-state index contributed by atoms with van der Waals surface area (Å²) >= 11 is 0. The van der Waals surface area contributed by atoms with Crippen LogP contribution < -0.4 is 5.32 Å². The largest absolute Gasteiger partial charge is 0.306 e. The van der Waals surface area contributed by atoms with Crippen LogP contribution in [0.25, 0.3) is 5.52 Å². The Labute approximate surface area is 118 Å². The van der Waals surface area contributed by atoms with E-state index in [1.54, 1.807) is 6.20 Å². The summed E-state index contributed by atoms with van der Waals surface area (Å²) in [5, 5.41) is 7.95. The molecule has 2 aromatic heterocycles. The first kappa shape index (κ1) is 12.8. The topological polar surface area (TPSA) is 42.2 Å². The van der Waals surface area contributed by atoms with Crippen molar-refractivity contribution in [3.63, 3.8) is 0 Å². The maximum absolute atomic E-state index is 4.41. The molecule has 0 saturated heterocycles. The van der Waals surface area contributed by atoms with Crippen LogP contribution in [0, 0.1) is 6.92 Å². The van der Waals surface area contributed by atoms with Crippen molar-refractivity contribution in [3.05, 3.63) is 65.7 Å². The van der Waals surface area contributed by atoms with Crippen LogP contribution in [0.1, 0.15) is 29.7 Å². The first-order valence-corrected chi connectivity index (χ1v) is 6.87. The van der Waals surface area contributed by atoms with E-state index in [9.17, 15) is 0 Å². The molecule has 4 nitrogen and oxygen atoms in total. The summed E-state index contributed by atoms with van der Waals surface area (Å²) in [6, 6.07) is 8.72.